The van der Waals surface area contributed by atoms with E-state index in [-0.39, 0.29) is 24.3 Å². The summed E-state index contributed by atoms with van der Waals surface area (Å²) in [5, 5.41) is 6.82. The zero-order valence-electron chi connectivity index (χ0n) is 17.5. The molecule has 7 nitrogen and oxygen atoms in total. The molecule has 1 amide bonds. The van der Waals surface area contributed by atoms with Gasteiger partial charge in [-0.05, 0) is 45.2 Å². The molecule has 160 valence electrons. The number of carbonyl (C=O) groups is 1. The van der Waals surface area contributed by atoms with Crippen LogP contribution in [0.2, 0.25) is 0 Å². The molecule has 0 radical (unpaired) electrons. The van der Waals surface area contributed by atoms with E-state index >= 15 is 0 Å². The largest absolute Gasteiger partial charge is 0.485 e. The van der Waals surface area contributed by atoms with Crippen LogP contribution >= 0.6 is 0 Å². The Kier molecular flexibility index (Phi) is 4.92. The first kappa shape index (κ1) is 19.7. The SMILES string of the molecule is Cc1cnc(C)c(-c2cc(F)c3c(c2)CC(CNC(=O)c2noc4c2CCCC4)O3)n1. The molecule has 8 heteroatoms. The van der Waals surface area contributed by atoms with Crippen molar-refractivity contribution in [2.45, 2.75) is 52.1 Å². The van der Waals surface area contributed by atoms with E-state index in [9.17, 15) is 9.18 Å². The van der Waals surface area contributed by atoms with E-state index in [0.29, 0.717) is 23.4 Å². The third kappa shape index (κ3) is 3.66. The second-order valence-electron chi connectivity index (χ2n) is 8.19. The van der Waals surface area contributed by atoms with Crippen LogP contribution in [0.1, 0.15) is 51.6 Å². The Hall–Kier alpha value is -3.29. The molecule has 0 saturated heterocycles. The lowest BCUT2D eigenvalue weighted by Crippen LogP contribution is -2.35. The topological polar surface area (TPSA) is 90.1 Å². The molecule has 0 spiro atoms. The monoisotopic (exact) mass is 422 g/mol. The highest BCUT2D eigenvalue weighted by atomic mass is 19.1. The summed E-state index contributed by atoms with van der Waals surface area (Å²) in [6.07, 6.45) is 5.55. The summed E-state index contributed by atoms with van der Waals surface area (Å²) in [6, 6.07) is 3.32. The lowest BCUT2D eigenvalue weighted by molar-refractivity contribution is 0.0923. The van der Waals surface area contributed by atoms with Crippen molar-refractivity contribution >= 4 is 5.91 Å². The molecule has 3 aromatic rings. The number of ether oxygens (including phenoxy) is 1. The van der Waals surface area contributed by atoms with Gasteiger partial charge < -0.3 is 14.6 Å². The maximum absolute atomic E-state index is 14.8. The maximum atomic E-state index is 14.8. The molecule has 3 heterocycles. The predicted octanol–water partition coefficient (Wildman–Crippen LogP) is 3.50. The average molecular weight is 422 g/mol. The number of amides is 1. The third-order valence-electron chi connectivity index (χ3n) is 5.86. The smallest absolute Gasteiger partial charge is 0.273 e. The van der Waals surface area contributed by atoms with Crippen molar-refractivity contribution in [1.29, 1.82) is 0 Å². The first-order valence-electron chi connectivity index (χ1n) is 10.5. The molecule has 0 fully saturated rings. The van der Waals surface area contributed by atoms with E-state index in [4.69, 9.17) is 9.26 Å². The molecule has 2 aliphatic rings. The number of hydrogen-bond acceptors (Lipinski definition) is 6. The Bertz CT molecular complexity index is 1170. The van der Waals surface area contributed by atoms with Gasteiger partial charge in [0, 0.05) is 35.7 Å². The Morgan fingerprint density at radius 1 is 1.26 bits per heavy atom. The first-order chi connectivity index (χ1) is 15.0. The fourth-order valence-corrected chi connectivity index (χ4v) is 4.30. The highest BCUT2D eigenvalue weighted by Gasteiger charge is 2.29. The molecular weight excluding hydrogens is 399 g/mol. The van der Waals surface area contributed by atoms with E-state index in [0.717, 1.165) is 54.0 Å². The van der Waals surface area contributed by atoms with E-state index < -0.39 is 5.82 Å². The molecule has 1 aromatic carbocycles. The zero-order chi connectivity index (χ0) is 21.5. The summed E-state index contributed by atoms with van der Waals surface area (Å²) < 4.78 is 25.9. The van der Waals surface area contributed by atoms with Gasteiger partial charge in [0.25, 0.3) is 5.91 Å². The van der Waals surface area contributed by atoms with E-state index in [1.54, 1.807) is 6.20 Å². The highest BCUT2D eigenvalue weighted by molar-refractivity contribution is 5.93. The van der Waals surface area contributed by atoms with Crippen LogP contribution in [0.3, 0.4) is 0 Å². The Labute approximate surface area is 179 Å². The number of nitrogens with one attached hydrogen (secondary N) is 1. The summed E-state index contributed by atoms with van der Waals surface area (Å²) in [6.45, 7) is 3.96. The van der Waals surface area contributed by atoms with Gasteiger partial charge in [0.1, 0.15) is 11.9 Å². The van der Waals surface area contributed by atoms with Crippen molar-refractivity contribution in [1.82, 2.24) is 20.4 Å². The predicted molar refractivity (Wildman–Crippen MR) is 110 cm³/mol. The van der Waals surface area contributed by atoms with Crippen molar-refractivity contribution in [2.24, 2.45) is 0 Å². The number of nitrogens with zero attached hydrogens (tertiary/aromatic N) is 3. The van der Waals surface area contributed by atoms with Crippen LogP contribution in [0, 0.1) is 19.7 Å². The minimum atomic E-state index is -0.436. The van der Waals surface area contributed by atoms with Crippen molar-refractivity contribution in [3.05, 3.63) is 58.1 Å². The Morgan fingerprint density at radius 2 is 2.10 bits per heavy atom. The number of rotatable bonds is 4. The van der Waals surface area contributed by atoms with Gasteiger partial charge in [-0.15, -0.1) is 0 Å². The Balaban J connectivity index is 1.29. The van der Waals surface area contributed by atoms with Crippen LogP contribution in [0.25, 0.3) is 11.3 Å². The Morgan fingerprint density at radius 3 is 2.97 bits per heavy atom. The first-order valence-corrected chi connectivity index (χ1v) is 10.5. The van der Waals surface area contributed by atoms with Gasteiger partial charge >= 0.3 is 0 Å². The van der Waals surface area contributed by atoms with Crippen molar-refractivity contribution in [3.8, 4) is 17.0 Å². The molecule has 1 atom stereocenters. The zero-order valence-corrected chi connectivity index (χ0v) is 17.5. The lowest BCUT2D eigenvalue weighted by atomic mass is 9.96. The number of hydrogen-bond donors (Lipinski definition) is 1. The summed E-state index contributed by atoms with van der Waals surface area (Å²) >= 11 is 0. The molecule has 0 bridgehead atoms. The molecule has 31 heavy (non-hydrogen) atoms. The van der Waals surface area contributed by atoms with Crippen molar-refractivity contribution in [2.75, 3.05) is 6.54 Å². The number of carbonyl (C=O) groups excluding carboxylic acids is 1. The number of benzene rings is 1. The molecule has 2 aromatic heterocycles. The van der Waals surface area contributed by atoms with Crippen molar-refractivity contribution < 1.29 is 18.4 Å². The summed E-state index contributed by atoms with van der Waals surface area (Å²) in [5.74, 6) is 0.332. The van der Waals surface area contributed by atoms with Gasteiger partial charge in [-0.2, -0.15) is 0 Å². The molecule has 1 unspecified atom stereocenters. The fourth-order valence-electron chi connectivity index (χ4n) is 4.30. The third-order valence-corrected chi connectivity index (χ3v) is 5.86. The van der Waals surface area contributed by atoms with E-state index in [2.05, 4.69) is 20.4 Å². The van der Waals surface area contributed by atoms with Crippen LogP contribution in [-0.2, 0) is 19.3 Å². The molecule has 1 aliphatic carbocycles. The number of aryl methyl sites for hydroxylation is 3. The second-order valence-corrected chi connectivity index (χ2v) is 8.19. The summed E-state index contributed by atoms with van der Waals surface area (Å²) in [7, 11) is 0. The minimum absolute atomic E-state index is 0.236. The number of aromatic nitrogens is 3. The summed E-state index contributed by atoms with van der Waals surface area (Å²) in [5.41, 5.74) is 4.87. The van der Waals surface area contributed by atoms with Crippen LogP contribution in [0.15, 0.2) is 22.9 Å². The maximum Gasteiger partial charge on any atom is 0.273 e. The molecule has 0 saturated carbocycles. The van der Waals surface area contributed by atoms with Crippen LogP contribution in [-0.4, -0.2) is 33.7 Å². The normalized spacial score (nSPS) is 17.1. The number of fused-ring (bicyclic) bond motifs is 2. The minimum Gasteiger partial charge on any atom is -0.485 e. The summed E-state index contributed by atoms with van der Waals surface area (Å²) in [4.78, 5) is 21.4. The van der Waals surface area contributed by atoms with Crippen LogP contribution in [0.4, 0.5) is 4.39 Å². The highest BCUT2D eigenvalue weighted by Crippen LogP contribution is 2.36. The average Bonchev–Trinajstić information content (AvgIpc) is 3.38. The lowest BCUT2D eigenvalue weighted by Gasteiger charge is -2.12. The number of halogens is 1. The second kappa shape index (κ2) is 7.76. The van der Waals surface area contributed by atoms with Crippen LogP contribution < -0.4 is 10.1 Å². The van der Waals surface area contributed by atoms with E-state index in [1.807, 2.05) is 19.9 Å². The van der Waals surface area contributed by atoms with Gasteiger partial charge in [-0.1, -0.05) is 5.16 Å². The molecular formula is C23H23FN4O3. The van der Waals surface area contributed by atoms with Crippen LogP contribution in [0.5, 0.6) is 5.75 Å². The van der Waals surface area contributed by atoms with Gasteiger partial charge in [0.2, 0.25) is 0 Å². The van der Waals surface area contributed by atoms with E-state index in [1.165, 1.54) is 6.07 Å². The quantitative estimate of drug-likeness (QED) is 0.692. The van der Waals surface area contributed by atoms with Gasteiger partial charge in [-0.3, -0.25) is 9.78 Å². The molecule has 1 aliphatic heterocycles. The molecule has 1 N–H and O–H groups in total. The standard InChI is InChI=1S/C23H23FN4O3/c1-12-10-25-13(2)20(27-12)14-7-15-8-16(30-22(15)18(24)9-14)11-26-23(29)21-17-5-3-4-6-19(17)31-28-21/h7,9-10,16H,3-6,8,11H2,1-2H3,(H,26,29). The fraction of sp³-hybridized carbons (Fsp3) is 0.391. The van der Waals surface area contributed by atoms with Gasteiger partial charge in [-0.25, -0.2) is 9.37 Å². The van der Waals surface area contributed by atoms with Crippen molar-refractivity contribution in [3.63, 3.8) is 0 Å². The van der Waals surface area contributed by atoms with Gasteiger partial charge in [0.15, 0.2) is 17.3 Å². The molecule has 5 rings (SSSR count). The van der Waals surface area contributed by atoms with Gasteiger partial charge in [0.05, 0.1) is 23.6 Å².